The molecule has 40 heavy (non-hydrogen) atoms. The molecule has 0 radical (unpaired) electrons. The van der Waals surface area contributed by atoms with Crippen LogP contribution >= 0.6 is 11.6 Å². The molecule has 1 aliphatic heterocycles. The molecule has 1 aromatic carbocycles. The van der Waals surface area contributed by atoms with Crippen LogP contribution in [0.2, 0.25) is 5.02 Å². The standard InChI is InChI=1S/C28H32ClN3O8/c1-31(2)22-16-9-12-8-15-19(17(34)10-13(21(15)29)11-32-6-3-4-14(33)5-7-32)23(35)18(12)25(37)28(16,40)26(38)20(24(22)36)27(30)39/h10,12,16,18,20,22,34,40H,3-9,11H2,1-2H3,(H2,30,39)/t12-,16-,18?,20?,22-,28-/m0/s1. The Morgan fingerprint density at radius 3 is 2.50 bits per heavy atom. The van der Waals surface area contributed by atoms with Gasteiger partial charge in [-0.3, -0.25) is 38.6 Å². The van der Waals surface area contributed by atoms with Crippen LogP contribution in [0.4, 0.5) is 0 Å². The lowest BCUT2D eigenvalue weighted by molar-refractivity contribution is -0.181. The van der Waals surface area contributed by atoms with Crippen LogP contribution in [0.5, 0.6) is 5.75 Å². The molecule has 6 atom stereocenters. The van der Waals surface area contributed by atoms with Crippen molar-refractivity contribution in [3.63, 3.8) is 0 Å². The molecule has 1 heterocycles. The number of carbonyl (C=O) groups excluding carboxylic acids is 6. The minimum Gasteiger partial charge on any atom is -0.507 e. The van der Waals surface area contributed by atoms with Crippen LogP contribution in [0.3, 0.4) is 0 Å². The van der Waals surface area contributed by atoms with Crippen molar-refractivity contribution in [2.75, 3.05) is 27.2 Å². The van der Waals surface area contributed by atoms with Gasteiger partial charge in [0.15, 0.2) is 34.7 Å². The summed E-state index contributed by atoms with van der Waals surface area (Å²) in [5.74, 6) is -10.8. The summed E-state index contributed by atoms with van der Waals surface area (Å²) in [4.78, 5) is 81.5. The van der Waals surface area contributed by atoms with Gasteiger partial charge in [0.25, 0.3) is 0 Å². The van der Waals surface area contributed by atoms with Crippen LogP contribution in [0, 0.1) is 23.7 Å². The summed E-state index contributed by atoms with van der Waals surface area (Å²) in [6.45, 7) is 1.58. The van der Waals surface area contributed by atoms with E-state index in [4.69, 9.17) is 17.3 Å². The van der Waals surface area contributed by atoms with Crippen LogP contribution in [0.15, 0.2) is 6.07 Å². The third-order valence-corrected chi connectivity index (χ3v) is 9.57. The van der Waals surface area contributed by atoms with Crippen LogP contribution in [0.25, 0.3) is 0 Å². The van der Waals surface area contributed by atoms with Crippen LogP contribution in [-0.4, -0.2) is 93.7 Å². The number of primary amides is 1. The van der Waals surface area contributed by atoms with Gasteiger partial charge < -0.3 is 15.9 Å². The van der Waals surface area contributed by atoms with Gasteiger partial charge in [-0.15, -0.1) is 0 Å². The average Bonchev–Trinajstić information content (AvgIpc) is 3.07. The molecule has 2 saturated carbocycles. The van der Waals surface area contributed by atoms with Crippen LogP contribution in [0.1, 0.15) is 47.2 Å². The molecule has 3 aliphatic carbocycles. The number of amides is 1. The highest BCUT2D eigenvalue weighted by atomic mass is 35.5. The number of aliphatic hydroxyl groups is 1. The lowest BCUT2D eigenvalue weighted by atomic mass is 9.52. The second-order valence-electron chi connectivity index (χ2n) is 11.7. The Balaban J connectivity index is 1.54. The molecule has 2 unspecified atom stereocenters. The van der Waals surface area contributed by atoms with E-state index in [1.54, 1.807) is 0 Å². The number of rotatable bonds is 4. The fourth-order valence-corrected chi connectivity index (χ4v) is 7.53. The maximum atomic E-state index is 13.9. The first kappa shape index (κ1) is 28.5. The number of carbonyl (C=O) groups is 6. The van der Waals surface area contributed by atoms with E-state index in [2.05, 4.69) is 4.90 Å². The predicted octanol–water partition coefficient (Wildman–Crippen LogP) is 0.0754. The van der Waals surface area contributed by atoms with Gasteiger partial charge in [-0.1, -0.05) is 11.6 Å². The Hall–Kier alpha value is -2.99. The predicted molar refractivity (Wildman–Crippen MR) is 141 cm³/mol. The van der Waals surface area contributed by atoms with Crippen molar-refractivity contribution in [3.8, 4) is 5.75 Å². The number of fused-ring (bicyclic) bond motifs is 3. The summed E-state index contributed by atoms with van der Waals surface area (Å²) in [7, 11) is 3.07. The van der Waals surface area contributed by atoms with E-state index in [0.29, 0.717) is 50.0 Å². The highest BCUT2D eigenvalue weighted by Crippen LogP contribution is 2.51. The Bertz CT molecular complexity index is 1360. The number of nitrogens with two attached hydrogens (primary N) is 1. The number of nitrogens with zero attached hydrogens (tertiary/aromatic N) is 2. The van der Waals surface area contributed by atoms with Crippen molar-refractivity contribution in [2.45, 2.75) is 50.3 Å². The summed E-state index contributed by atoms with van der Waals surface area (Å²) in [6.07, 6.45) is 1.70. The number of phenols is 1. The molecule has 214 valence electrons. The van der Waals surface area contributed by atoms with Crippen molar-refractivity contribution in [2.24, 2.45) is 29.4 Å². The average molecular weight is 574 g/mol. The summed E-state index contributed by atoms with van der Waals surface area (Å²) in [5, 5.41) is 22.8. The van der Waals surface area contributed by atoms with Crippen molar-refractivity contribution >= 4 is 46.4 Å². The molecule has 3 fully saturated rings. The first-order valence-corrected chi connectivity index (χ1v) is 13.8. The molecule has 4 N–H and O–H groups in total. The van der Waals surface area contributed by atoms with Crippen molar-refractivity contribution in [3.05, 3.63) is 27.8 Å². The van der Waals surface area contributed by atoms with E-state index >= 15 is 0 Å². The highest BCUT2D eigenvalue weighted by molar-refractivity contribution is 6.34. The number of halogens is 1. The van der Waals surface area contributed by atoms with Gasteiger partial charge >= 0.3 is 0 Å². The minimum absolute atomic E-state index is 0.0422. The maximum Gasteiger partial charge on any atom is 0.235 e. The molecule has 1 amide bonds. The maximum absolute atomic E-state index is 13.9. The second-order valence-corrected chi connectivity index (χ2v) is 12.1. The lowest BCUT2D eigenvalue weighted by Crippen LogP contribution is -2.74. The summed E-state index contributed by atoms with van der Waals surface area (Å²) in [6, 6.07) is 0.217. The minimum atomic E-state index is -2.76. The number of likely N-dealkylation sites (N-methyl/N-ethyl adjacent to an activating group) is 1. The molecule has 5 rings (SSSR count). The molecule has 0 aromatic heterocycles. The number of hydrogen-bond acceptors (Lipinski definition) is 10. The van der Waals surface area contributed by atoms with E-state index < -0.39 is 64.4 Å². The van der Waals surface area contributed by atoms with E-state index in [-0.39, 0.29) is 35.0 Å². The van der Waals surface area contributed by atoms with Crippen LogP contribution in [-0.2, 0) is 36.9 Å². The van der Waals surface area contributed by atoms with Crippen molar-refractivity contribution in [1.29, 1.82) is 0 Å². The van der Waals surface area contributed by atoms with Gasteiger partial charge in [-0.25, -0.2) is 0 Å². The quantitative estimate of drug-likeness (QED) is 0.418. The van der Waals surface area contributed by atoms with Crippen molar-refractivity contribution in [1.82, 2.24) is 9.80 Å². The largest absolute Gasteiger partial charge is 0.507 e. The molecule has 0 bridgehead atoms. The molecule has 1 aromatic rings. The van der Waals surface area contributed by atoms with Gasteiger partial charge in [0.1, 0.15) is 11.5 Å². The SMILES string of the molecule is CN(C)[C@@H]1C(=O)C(C(N)=O)C(=O)[C@@]2(O)C(=O)C3C(=O)c4c(O)cc(CN5CCCC(=O)CC5)c(Cl)c4C[C@H]3C[C@@H]12. The summed E-state index contributed by atoms with van der Waals surface area (Å²) >= 11 is 6.81. The molecule has 12 heteroatoms. The smallest absolute Gasteiger partial charge is 0.235 e. The van der Waals surface area contributed by atoms with Crippen molar-refractivity contribution < 1.29 is 39.0 Å². The molecule has 11 nitrogen and oxygen atoms in total. The number of Topliss-reactive ketones (excluding diaryl/α,β-unsaturated/α-hetero) is 5. The van der Waals surface area contributed by atoms with E-state index in [1.807, 2.05) is 0 Å². The van der Waals surface area contributed by atoms with E-state index in [9.17, 15) is 39.0 Å². The highest BCUT2D eigenvalue weighted by Gasteiger charge is 2.69. The third-order valence-electron chi connectivity index (χ3n) is 9.10. The van der Waals surface area contributed by atoms with E-state index in [0.717, 1.165) is 0 Å². The second kappa shape index (κ2) is 10.1. The zero-order valence-electron chi connectivity index (χ0n) is 22.3. The Morgan fingerprint density at radius 1 is 1.15 bits per heavy atom. The normalized spacial score (nSPS) is 32.9. The number of likely N-dealkylation sites (tertiary alicyclic amines) is 1. The summed E-state index contributed by atoms with van der Waals surface area (Å²) < 4.78 is 0. The number of benzene rings is 1. The van der Waals surface area contributed by atoms with Gasteiger partial charge in [0.05, 0.1) is 17.5 Å². The van der Waals surface area contributed by atoms with E-state index in [1.165, 1.54) is 25.1 Å². The number of ketones is 5. The first-order chi connectivity index (χ1) is 18.8. The zero-order chi connectivity index (χ0) is 29.3. The topological polar surface area (TPSA) is 175 Å². The molecular weight excluding hydrogens is 542 g/mol. The van der Waals surface area contributed by atoms with Crippen LogP contribution < -0.4 is 5.73 Å². The van der Waals surface area contributed by atoms with Gasteiger partial charge in [-0.2, -0.15) is 0 Å². The van der Waals surface area contributed by atoms with Gasteiger partial charge in [0.2, 0.25) is 5.91 Å². The summed E-state index contributed by atoms with van der Waals surface area (Å²) in [5.41, 5.74) is 3.39. The fourth-order valence-electron chi connectivity index (χ4n) is 7.24. The number of aromatic hydroxyl groups is 1. The monoisotopic (exact) mass is 573 g/mol. The number of hydrogen-bond donors (Lipinski definition) is 3. The zero-order valence-corrected chi connectivity index (χ0v) is 23.1. The molecule has 0 spiro atoms. The lowest BCUT2D eigenvalue weighted by Gasteiger charge is -2.52. The fraction of sp³-hybridized carbons (Fsp3) is 0.571. The first-order valence-electron chi connectivity index (χ1n) is 13.4. The molecular formula is C28H32ClN3O8. The molecule has 1 saturated heterocycles. The Morgan fingerprint density at radius 2 is 1.85 bits per heavy atom. The third kappa shape index (κ3) is 4.22. The molecule has 4 aliphatic rings. The van der Waals surface area contributed by atoms with Gasteiger partial charge in [0, 0.05) is 36.9 Å². The van der Waals surface area contributed by atoms with Gasteiger partial charge in [-0.05, 0) is 63.0 Å². The Kier molecular flexibility index (Phi) is 7.23. The Labute approximate surface area is 235 Å². The number of phenolic OH excluding ortho intramolecular Hbond substituents is 1.